The van der Waals surface area contributed by atoms with E-state index in [2.05, 4.69) is 0 Å². The lowest BCUT2D eigenvalue weighted by Gasteiger charge is -2.40. The minimum atomic E-state index is -1.21. The summed E-state index contributed by atoms with van der Waals surface area (Å²) in [7, 11) is 0. The third kappa shape index (κ3) is 3.43. The van der Waals surface area contributed by atoms with Crippen LogP contribution in [-0.4, -0.2) is 36.1 Å². The quantitative estimate of drug-likeness (QED) is 0.676. The van der Waals surface area contributed by atoms with Gasteiger partial charge in [-0.05, 0) is 34.6 Å². The Hall–Kier alpha value is -0.650. The van der Waals surface area contributed by atoms with Gasteiger partial charge in [-0.15, -0.1) is 0 Å². The fourth-order valence-corrected chi connectivity index (χ4v) is 1.19. The number of carbonyl (C=O) groups is 1. The molecule has 1 aliphatic heterocycles. The number of hydrogen-bond acceptors (Lipinski definition) is 5. The van der Waals surface area contributed by atoms with Crippen LogP contribution in [0.3, 0.4) is 0 Å². The highest BCUT2D eigenvalue weighted by Gasteiger charge is 2.45. The fraction of sp³-hybridized carbons (Fsp3) is 0.909. The van der Waals surface area contributed by atoms with Crippen molar-refractivity contribution in [3.8, 4) is 0 Å². The van der Waals surface area contributed by atoms with Gasteiger partial charge in [0, 0.05) is 0 Å². The SMILES string of the molecule is CC(C)(C)OC(=O)C1(N)COC(C)(C)OC1. The summed E-state index contributed by atoms with van der Waals surface area (Å²) in [5.41, 5.74) is 4.14. The molecule has 16 heavy (non-hydrogen) atoms. The molecule has 0 aromatic heterocycles. The third-order valence-corrected chi connectivity index (χ3v) is 2.16. The number of nitrogens with two attached hydrogens (primary N) is 1. The van der Waals surface area contributed by atoms with Crippen LogP contribution in [0, 0.1) is 0 Å². The Morgan fingerprint density at radius 1 is 1.25 bits per heavy atom. The maximum atomic E-state index is 11.8. The monoisotopic (exact) mass is 231 g/mol. The van der Waals surface area contributed by atoms with Gasteiger partial charge in [0.2, 0.25) is 0 Å². The molecule has 1 rings (SSSR count). The first-order valence-corrected chi connectivity index (χ1v) is 5.34. The molecule has 0 aromatic rings. The van der Waals surface area contributed by atoms with E-state index in [4.69, 9.17) is 19.9 Å². The van der Waals surface area contributed by atoms with Crippen LogP contribution in [0.2, 0.25) is 0 Å². The van der Waals surface area contributed by atoms with Crippen molar-refractivity contribution in [3.63, 3.8) is 0 Å². The van der Waals surface area contributed by atoms with Gasteiger partial charge in [0.1, 0.15) is 5.60 Å². The molecule has 1 fully saturated rings. The number of carbonyl (C=O) groups excluding carboxylic acids is 1. The van der Waals surface area contributed by atoms with E-state index in [9.17, 15) is 4.79 Å². The highest BCUT2D eigenvalue weighted by Crippen LogP contribution is 2.24. The molecule has 0 saturated carbocycles. The van der Waals surface area contributed by atoms with E-state index in [1.165, 1.54) is 0 Å². The van der Waals surface area contributed by atoms with Gasteiger partial charge in [-0.3, -0.25) is 0 Å². The molecule has 0 spiro atoms. The van der Waals surface area contributed by atoms with Gasteiger partial charge in [-0.2, -0.15) is 0 Å². The Morgan fingerprint density at radius 2 is 1.69 bits per heavy atom. The molecule has 5 heteroatoms. The van der Waals surface area contributed by atoms with E-state index in [1.807, 2.05) is 0 Å². The molecule has 1 heterocycles. The smallest absolute Gasteiger partial charge is 0.331 e. The Balaban J connectivity index is 2.63. The van der Waals surface area contributed by atoms with Crippen LogP contribution >= 0.6 is 0 Å². The molecule has 5 nitrogen and oxygen atoms in total. The van der Waals surface area contributed by atoms with Gasteiger partial charge in [-0.1, -0.05) is 0 Å². The van der Waals surface area contributed by atoms with Crippen molar-refractivity contribution in [2.75, 3.05) is 13.2 Å². The van der Waals surface area contributed by atoms with Gasteiger partial charge < -0.3 is 19.9 Å². The standard InChI is InChI=1S/C11H21NO4/c1-9(2,3)16-8(13)11(12)6-14-10(4,5)15-7-11/h6-7,12H2,1-5H3. The van der Waals surface area contributed by atoms with Gasteiger partial charge in [-0.25, -0.2) is 4.79 Å². The molecule has 0 aromatic carbocycles. The van der Waals surface area contributed by atoms with E-state index in [-0.39, 0.29) is 13.2 Å². The zero-order valence-electron chi connectivity index (χ0n) is 10.6. The average Bonchev–Trinajstić information content (AvgIpc) is 2.08. The molecule has 0 bridgehead atoms. The van der Waals surface area contributed by atoms with Crippen LogP contribution in [0.1, 0.15) is 34.6 Å². The van der Waals surface area contributed by atoms with E-state index in [1.54, 1.807) is 34.6 Å². The van der Waals surface area contributed by atoms with Crippen LogP contribution < -0.4 is 5.73 Å². The summed E-state index contributed by atoms with van der Waals surface area (Å²) in [5.74, 6) is -1.18. The van der Waals surface area contributed by atoms with Crippen LogP contribution in [0.15, 0.2) is 0 Å². The first kappa shape index (κ1) is 13.4. The minimum Gasteiger partial charge on any atom is -0.458 e. The van der Waals surface area contributed by atoms with Gasteiger partial charge in [0.15, 0.2) is 11.3 Å². The second-order valence-corrected chi connectivity index (χ2v) is 5.64. The van der Waals surface area contributed by atoms with Crippen LogP contribution in [0.25, 0.3) is 0 Å². The van der Waals surface area contributed by atoms with Crippen molar-refractivity contribution in [1.29, 1.82) is 0 Å². The van der Waals surface area contributed by atoms with E-state index in [0.29, 0.717) is 0 Å². The fourth-order valence-electron chi connectivity index (χ4n) is 1.19. The molecule has 0 aliphatic carbocycles. The minimum absolute atomic E-state index is 0.106. The summed E-state index contributed by atoms with van der Waals surface area (Å²) < 4.78 is 16.0. The molecule has 0 unspecified atom stereocenters. The van der Waals surface area contributed by atoms with E-state index < -0.39 is 22.9 Å². The maximum Gasteiger partial charge on any atom is 0.331 e. The topological polar surface area (TPSA) is 70.8 Å². The molecule has 0 radical (unpaired) electrons. The van der Waals surface area contributed by atoms with Crippen molar-refractivity contribution < 1.29 is 19.0 Å². The summed E-state index contributed by atoms with van der Waals surface area (Å²) in [5, 5.41) is 0. The largest absolute Gasteiger partial charge is 0.458 e. The number of ether oxygens (including phenoxy) is 3. The first-order valence-electron chi connectivity index (χ1n) is 5.34. The van der Waals surface area contributed by atoms with Crippen molar-refractivity contribution in [1.82, 2.24) is 0 Å². The molecule has 1 aliphatic rings. The lowest BCUT2D eigenvalue weighted by Crippen LogP contribution is -2.63. The lowest BCUT2D eigenvalue weighted by molar-refractivity contribution is -0.268. The van der Waals surface area contributed by atoms with Gasteiger partial charge in [0.25, 0.3) is 0 Å². The average molecular weight is 231 g/mol. The van der Waals surface area contributed by atoms with E-state index >= 15 is 0 Å². The summed E-state index contributed by atoms with van der Waals surface area (Å²) in [4.78, 5) is 11.8. The van der Waals surface area contributed by atoms with Crippen LogP contribution in [0.5, 0.6) is 0 Å². The Morgan fingerprint density at radius 3 is 2.06 bits per heavy atom. The number of rotatable bonds is 1. The summed E-state index contributed by atoms with van der Waals surface area (Å²) >= 11 is 0. The highest BCUT2D eigenvalue weighted by molar-refractivity contribution is 5.81. The van der Waals surface area contributed by atoms with Crippen molar-refractivity contribution in [2.45, 2.75) is 51.5 Å². The molecular formula is C11H21NO4. The second-order valence-electron chi connectivity index (χ2n) is 5.64. The Bertz CT molecular complexity index is 270. The number of hydrogen-bond donors (Lipinski definition) is 1. The molecule has 1 saturated heterocycles. The van der Waals surface area contributed by atoms with Crippen molar-refractivity contribution in [3.05, 3.63) is 0 Å². The molecule has 0 atom stereocenters. The molecular weight excluding hydrogens is 210 g/mol. The van der Waals surface area contributed by atoms with Gasteiger partial charge in [0.05, 0.1) is 13.2 Å². The summed E-state index contributed by atoms with van der Waals surface area (Å²) in [6, 6.07) is 0. The summed E-state index contributed by atoms with van der Waals surface area (Å²) in [6.07, 6.45) is 0. The Labute approximate surface area is 96.2 Å². The first-order chi connectivity index (χ1) is 7.04. The van der Waals surface area contributed by atoms with Crippen molar-refractivity contribution >= 4 is 5.97 Å². The number of esters is 1. The lowest BCUT2D eigenvalue weighted by atomic mass is 10.0. The molecule has 94 valence electrons. The van der Waals surface area contributed by atoms with Crippen LogP contribution in [0.4, 0.5) is 0 Å². The summed E-state index contributed by atoms with van der Waals surface area (Å²) in [6.45, 7) is 9.15. The Kier molecular flexibility index (Phi) is 3.34. The zero-order chi connectivity index (χ0) is 12.6. The molecule has 2 N–H and O–H groups in total. The van der Waals surface area contributed by atoms with E-state index in [0.717, 1.165) is 0 Å². The normalized spacial score (nSPS) is 23.9. The predicted octanol–water partition coefficient (Wildman–Crippen LogP) is 0.808. The zero-order valence-corrected chi connectivity index (χ0v) is 10.6. The third-order valence-electron chi connectivity index (χ3n) is 2.16. The molecule has 0 amide bonds. The highest BCUT2D eigenvalue weighted by atomic mass is 16.7. The van der Waals surface area contributed by atoms with Crippen molar-refractivity contribution in [2.24, 2.45) is 5.73 Å². The second kappa shape index (κ2) is 3.98. The van der Waals surface area contributed by atoms with Crippen LogP contribution in [-0.2, 0) is 19.0 Å². The maximum absolute atomic E-state index is 11.8. The predicted molar refractivity (Wildman–Crippen MR) is 58.7 cm³/mol. The van der Waals surface area contributed by atoms with Gasteiger partial charge >= 0.3 is 5.97 Å².